The number of carbonyl (C=O) groups is 9. The van der Waals surface area contributed by atoms with Crippen molar-refractivity contribution in [1.82, 2.24) is 36.8 Å². The average Bonchev–Trinajstić information content (AvgIpc) is 3.66. The molecule has 1 aliphatic rings. The van der Waals surface area contributed by atoms with Gasteiger partial charge in [0.2, 0.25) is 35.4 Å². The first-order chi connectivity index (χ1) is 27.7. The third-order valence-corrected chi connectivity index (χ3v) is 9.17. The highest BCUT2D eigenvalue weighted by atomic mass is 16.4. The lowest BCUT2D eigenvalue weighted by Gasteiger charge is -2.30. The van der Waals surface area contributed by atoms with Crippen molar-refractivity contribution >= 4 is 59.3 Å². The minimum absolute atomic E-state index is 0.0598. The van der Waals surface area contributed by atoms with Crippen LogP contribution in [0.2, 0.25) is 0 Å². The van der Waals surface area contributed by atoms with Gasteiger partial charge in [-0.1, -0.05) is 30.3 Å². The highest BCUT2D eigenvalue weighted by Crippen LogP contribution is 2.20. The molecule has 0 aromatic heterocycles. The standard InChI is InChI=1S/C36H54N10O13/c1-18(29(52)42-22(10-6-14-40-36(38)39)34(57)46-15-7-11-25(46)33(56)45-28(19(2)47)35(58)59)41-31(54)24(17-27(50)51)44-32(55)23(16-20-8-4-3-5-9-20)43-30(53)21(37)12-13-26(48)49/h3-5,8-9,18-19,21-25,28,47H,6-7,10-17,37H2,1-2H3,(H,41,54)(H,42,52)(H,43,53)(H,44,55)(H,45,56)(H,48,49)(H,50,51)(H,58,59)(H4,38,39,40)/t18-,19+,21-,22-,23-,24-,25-,28-/m0/s1. The number of nitrogens with one attached hydrogen (secondary N) is 7. The Morgan fingerprint density at radius 1 is 0.814 bits per heavy atom. The van der Waals surface area contributed by atoms with Crippen LogP contribution < -0.4 is 43.4 Å². The molecule has 6 amide bonds. The molecular weight excluding hydrogens is 780 g/mol. The lowest BCUT2D eigenvalue weighted by Crippen LogP contribution is -2.60. The van der Waals surface area contributed by atoms with Crippen LogP contribution in [0.4, 0.5) is 0 Å². The molecule has 0 saturated carbocycles. The summed E-state index contributed by atoms with van der Waals surface area (Å²) in [6.07, 6.45) is -2.64. The molecular formula is C36H54N10O13. The summed E-state index contributed by atoms with van der Waals surface area (Å²) in [5, 5.41) is 59.5. The van der Waals surface area contributed by atoms with Gasteiger partial charge in [0.25, 0.3) is 0 Å². The quantitative estimate of drug-likeness (QED) is 0.0269. The summed E-state index contributed by atoms with van der Waals surface area (Å²) in [4.78, 5) is 116. The summed E-state index contributed by atoms with van der Waals surface area (Å²) in [7, 11) is 0. The molecule has 0 radical (unpaired) electrons. The number of aliphatic hydroxyl groups excluding tert-OH is 1. The number of carboxylic acid groups (broad SMARTS) is 3. The number of aliphatic carboxylic acids is 3. The van der Waals surface area contributed by atoms with E-state index < -0.39 is 115 Å². The zero-order valence-electron chi connectivity index (χ0n) is 32.6. The molecule has 23 heteroatoms. The third-order valence-electron chi connectivity index (χ3n) is 9.17. The van der Waals surface area contributed by atoms with Crippen LogP contribution in [-0.2, 0) is 49.6 Å². The Morgan fingerprint density at radius 3 is 2.00 bits per heavy atom. The molecule has 0 unspecified atom stereocenters. The molecule has 1 aliphatic heterocycles. The molecule has 0 spiro atoms. The largest absolute Gasteiger partial charge is 0.481 e. The van der Waals surface area contributed by atoms with E-state index in [4.69, 9.17) is 22.0 Å². The highest BCUT2D eigenvalue weighted by molar-refractivity contribution is 5.98. The first-order valence-electron chi connectivity index (χ1n) is 18.8. The summed E-state index contributed by atoms with van der Waals surface area (Å²) in [5.41, 5.74) is 11.7. The summed E-state index contributed by atoms with van der Waals surface area (Å²) in [6.45, 7) is 2.56. The lowest BCUT2D eigenvalue weighted by molar-refractivity contribution is -0.147. The number of carboxylic acids is 3. The van der Waals surface area contributed by atoms with Crippen molar-refractivity contribution < 1.29 is 63.6 Å². The number of guanidine groups is 1. The van der Waals surface area contributed by atoms with Crippen LogP contribution in [0.15, 0.2) is 30.3 Å². The predicted octanol–water partition coefficient (Wildman–Crippen LogP) is -3.94. The van der Waals surface area contributed by atoms with Crippen LogP contribution in [-0.4, -0.2) is 146 Å². The monoisotopic (exact) mass is 834 g/mol. The molecule has 1 aromatic rings. The average molecular weight is 835 g/mol. The molecule has 1 heterocycles. The van der Waals surface area contributed by atoms with E-state index in [1.54, 1.807) is 30.3 Å². The number of nitrogens with two attached hydrogens (primary N) is 2. The van der Waals surface area contributed by atoms with Gasteiger partial charge in [0.05, 0.1) is 18.6 Å². The highest BCUT2D eigenvalue weighted by Gasteiger charge is 2.40. The molecule has 0 bridgehead atoms. The van der Waals surface area contributed by atoms with Gasteiger partial charge in [0.1, 0.15) is 30.2 Å². The first-order valence-corrected chi connectivity index (χ1v) is 18.8. The number of nitrogens with zero attached hydrogens (tertiary/aromatic N) is 1. The molecule has 1 saturated heterocycles. The number of carbonyl (C=O) groups excluding carboxylic acids is 6. The molecule has 59 heavy (non-hydrogen) atoms. The van der Waals surface area contributed by atoms with Crippen molar-refractivity contribution in [3.63, 3.8) is 0 Å². The Morgan fingerprint density at radius 2 is 1.42 bits per heavy atom. The van der Waals surface area contributed by atoms with Gasteiger partial charge >= 0.3 is 17.9 Å². The van der Waals surface area contributed by atoms with Gasteiger partial charge in [-0.3, -0.25) is 43.8 Å². The van der Waals surface area contributed by atoms with Crippen LogP contribution in [0.1, 0.15) is 64.4 Å². The minimum atomic E-state index is -1.79. The second-order valence-corrected chi connectivity index (χ2v) is 14.0. The smallest absolute Gasteiger partial charge is 0.328 e. The van der Waals surface area contributed by atoms with Crippen molar-refractivity contribution in [3.05, 3.63) is 35.9 Å². The fourth-order valence-electron chi connectivity index (χ4n) is 6.01. The minimum Gasteiger partial charge on any atom is -0.481 e. The number of rotatable bonds is 24. The summed E-state index contributed by atoms with van der Waals surface area (Å²) >= 11 is 0. The van der Waals surface area contributed by atoms with E-state index in [0.717, 1.165) is 4.90 Å². The molecule has 1 fully saturated rings. The maximum Gasteiger partial charge on any atom is 0.328 e. The Bertz CT molecular complexity index is 1700. The van der Waals surface area contributed by atoms with Crippen molar-refractivity contribution in [2.45, 2.75) is 114 Å². The van der Waals surface area contributed by atoms with Crippen LogP contribution in [0, 0.1) is 5.41 Å². The molecule has 8 atom stereocenters. The van der Waals surface area contributed by atoms with Crippen molar-refractivity contribution in [3.8, 4) is 0 Å². The van der Waals surface area contributed by atoms with E-state index in [9.17, 15) is 58.5 Å². The Hall–Kier alpha value is -6.36. The van der Waals surface area contributed by atoms with E-state index in [1.165, 1.54) is 13.8 Å². The van der Waals surface area contributed by atoms with Gasteiger partial charge in [0.15, 0.2) is 12.0 Å². The van der Waals surface area contributed by atoms with Crippen molar-refractivity contribution in [2.75, 3.05) is 13.1 Å². The van der Waals surface area contributed by atoms with Crippen LogP contribution in [0.5, 0.6) is 0 Å². The summed E-state index contributed by atoms with van der Waals surface area (Å²) in [6, 6.07) is -1.79. The fraction of sp³-hybridized carbons (Fsp3) is 0.556. The second kappa shape index (κ2) is 23.8. The van der Waals surface area contributed by atoms with Gasteiger partial charge in [-0.2, -0.15) is 0 Å². The van der Waals surface area contributed by atoms with E-state index in [-0.39, 0.29) is 51.2 Å². The summed E-state index contributed by atoms with van der Waals surface area (Å²) in [5.74, 6) is -10.1. The number of hydrogen-bond donors (Lipinski definition) is 13. The number of likely N-dealkylation sites (tertiary alicyclic amines) is 1. The Balaban J connectivity index is 2.25. The fourth-order valence-corrected chi connectivity index (χ4v) is 6.01. The number of hydrogen-bond acceptors (Lipinski definition) is 12. The summed E-state index contributed by atoms with van der Waals surface area (Å²) < 4.78 is 0. The van der Waals surface area contributed by atoms with E-state index in [0.29, 0.717) is 12.0 Å². The first kappa shape index (κ1) is 48.8. The van der Waals surface area contributed by atoms with Gasteiger partial charge in [-0.25, -0.2) is 4.79 Å². The van der Waals surface area contributed by atoms with Crippen LogP contribution in [0.3, 0.4) is 0 Å². The van der Waals surface area contributed by atoms with E-state index in [2.05, 4.69) is 31.9 Å². The van der Waals surface area contributed by atoms with Crippen molar-refractivity contribution in [2.24, 2.45) is 11.5 Å². The molecule has 1 aromatic carbocycles. The Kier molecular flexibility index (Phi) is 19.7. The number of benzene rings is 1. The van der Waals surface area contributed by atoms with Crippen LogP contribution >= 0.6 is 0 Å². The zero-order valence-corrected chi connectivity index (χ0v) is 32.6. The van der Waals surface area contributed by atoms with Gasteiger partial charge in [-0.15, -0.1) is 0 Å². The van der Waals surface area contributed by atoms with Crippen molar-refractivity contribution in [1.29, 1.82) is 5.41 Å². The van der Waals surface area contributed by atoms with Gasteiger partial charge in [-0.05, 0) is 51.5 Å². The van der Waals surface area contributed by atoms with E-state index >= 15 is 0 Å². The molecule has 2 rings (SSSR count). The SMILES string of the molecule is C[C@H](NC(=O)[C@H](CC(=O)O)NC(=O)[C@H](Cc1ccccc1)NC(=O)[C@@H](N)CCC(=O)O)C(=O)N[C@@H](CCCNC(=N)N)C(=O)N1CCC[C@H]1C(=O)N[C@H](C(=O)O)[C@@H](C)O. The van der Waals surface area contributed by atoms with E-state index in [1.807, 2.05) is 0 Å². The second-order valence-electron chi connectivity index (χ2n) is 14.0. The molecule has 326 valence electrons. The maximum atomic E-state index is 13.9. The van der Waals surface area contributed by atoms with Gasteiger partial charge in [0, 0.05) is 25.9 Å². The Labute approximate surface area is 338 Å². The lowest BCUT2D eigenvalue weighted by atomic mass is 10.0. The van der Waals surface area contributed by atoms with Crippen LogP contribution in [0.25, 0.3) is 0 Å². The predicted molar refractivity (Wildman–Crippen MR) is 206 cm³/mol. The zero-order chi connectivity index (χ0) is 44.4. The molecule has 23 nitrogen and oxygen atoms in total. The third kappa shape index (κ3) is 16.6. The number of aliphatic hydroxyl groups is 1. The molecule has 15 N–H and O–H groups in total. The number of amides is 6. The maximum absolute atomic E-state index is 13.9. The molecule has 0 aliphatic carbocycles. The normalized spacial score (nSPS) is 17.0. The van der Waals surface area contributed by atoms with Gasteiger partial charge < -0.3 is 68.7 Å². The topological polar surface area (TPSA) is 386 Å².